The third-order valence-electron chi connectivity index (χ3n) is 5.62. The summed E-state index contributed by atoms with van der Waals surface area (Å²) < 4.78 is 10.2. The van der Waals surface area contributed by atoms with Crippen molar-refractivity contribution in [3.8, 4) is 0 Å². The molecule has 0 aromatic carbocycles. The van der Waals surface area contributed by atoms with E-state index in [4.69, 9.17) is 9.47 Å². The molecule has 0 amide bonds. The Bertz CT molecular complexity index is 471. The summed E-state index contributed by atoms with van der Waals surface area (Å²) in [7, 11) is 0. The molecule has 3 atom stereocenters. The van der Waals surface area contributed by atoms with E-state index in [1.807, 2.05) is 13.8 Å². The topological polar surface area (TPSA) is 69.7 Å². The number of rotatable bonds is 14. The Labute approximate surface area is 164 Å². The Balaban J connectivity index is 2.22. The van der Waals surface area contributed by atoms with Crippen LogP contribution in [0.5, 0.6) is 0 Å². The van der Waals surface area contributed by atoms with E-state index >= 15 is 0 Å². The minimum absolute atomic E-state index is 0.122. The van der Waals surface area contributed by atoms with Gasteiger partial charge in [0.25, 0.3) is 0 Å². The van der Waals surface area contributed by atoms with Gasteiger partial charge in [0.05, 0.1) is 18.4 Å². The molecule has 5 nitrogen and oxygen atoms in total. The van der Waals surface area contributed by atoms with Crippen LogP contribution in [0.15, 0.2) is 0 Å². The van der Waals surface area contributed by atoms with Crippen molar-refractivity contribution in [3.63, 3.8) is 0 Å². The fraction of sp³-hybridized carbons (Fsp3) is 0.864. The molecule has 27 heavy (non-hydrogen) atoms. The van der Waals surface area contributed by atoms with Crippen molar-refractivity contribution in [2.24, 2.45) is 23.7 Å². The predicted octanol–water partition coefficient (Wildman–Crippen LogP) is 5.06. The summed E-state index contributed by atoms with van der Waals surface area (Å²) in [5, 5.41) is 0. The second-order valence-corrected chi connectivity index (χ2v) is 8.22. The monoisotopic (exact) mass is 382 g/mol. The Morgan fingerprint density at radius 2 is 1.52 bits per heavy atom. The van der Waals surface area contributed by atoms with Crippen molar-refractivity contribution in [1.82, 2.24) is 0 Å². The fourth-order valence-corrected chi connectivity index (χ4v) is 3.71. The number of hydrogen-bond acceptors (Lipinski definition) is 5. The lowest BCUT2D eigenvalue weighted by Gasteiger charge is -2.25. The number of hydrogen-bond donors (Lipinski definition) is 0. The van der Waals surface area contributed by atoms with Gasteiger partial charge in [-0.15, -0.1) is 0 Å². The van der Waals surface area contributed by atoms with E-state index < -0.39 is 23.8 Å². The maximum absolute atomic E-state index is 12.0. The van der Waals surface area contributed by atoms with Crippen LogP contribution in [0.4, 0.5) is 0 Å². The van der Waals surface area contributed by atoms with Crippen LogP contribution in [0.25, 0.3) is 0 Å². The molecule has 0 radical (unpaired) electrons. The van der Waals surface area contributed by atoms with Crippen molar-refractivity contribution < 1.29 is 23.9 Å². The first kappa shape index (κ1) is 23.6. The van der Waals surface area contributed by atoms with Crippen LogP contribution in [0, 0.1) is 23.7 Å². The molecule has 156 valence electrons. The van der Waals surface area contributed by atoms with Gasteiger partial charge in [-0.05, 0) is 12.3 Å². The lowest BCUT2D eigenvalue weighted by atomic mass is 9.78. The number of carbonyl (C=O) groups is 3. The number of esters is 3. The van der Waals surface area contributed by atoms with Gasteiger partial charge in [0.1, 0.15) is 0 Å². The summed E-state index contributed by atoms with van der Waals surface area (Å²) in [5.41, 5.74) is 0. The molecular formula is C22H38O5. The summed E-state index contributed by atoms with van der Waals surface area (Å²) in [6.45, 7) is 8.05. The molecule has 0 aliphatic carbocycles. The number of unbranched alkanes of at least 4 members (excludes halogenated alkanes) is 8. The highest BCUT2D eigenvalue weighted by Gasteiger charge is 2.47. The highest BCUT2D eigenvalue weighted by atomic mass is 16.6. The fourth-order valence-electron chi connectivity index (χ4n) is 3.71. The first-order valence-electron chi connectivity index (χ1n) is 10.8. The minimum Gasteiger partial charge on any atom is -0.465 e. The molecule has 0 aromatic heterocycles. The van der Waals surface area contributed by atoms with Gasteiger partial charge in [-0.2, -0.15) is 0 Å². The van der Waals surface area contributed by atoms with Gasteiger partial charge in [0, 0.05) is 12.3 Å². The molecule has 1 saturated heterocycles. The number of ether oxygens (including phenoxy) is 2. The molecule has 1 aliphatic rings. The standard InChI is InChI=1S/C22H38O5/c1-5-6-7-8-9-10-11-12-13-14-19(23)26-15-18(16(2)3)20-17(4)21(24)27-22(20)25/h16-18,20H,5-15H2,1-4H3. The van der Waals surface area contributed by atoms with Gasteiger partial charge < -0.3 is 9.47 Å². The maximum Gasteiger partial charge on any atom is 0.317 e. The van der Waals surface area contributed by atoms with E-state index in [1.165, 1.54) is 44.9 Å². The normalized spacial score (nSPS) is 20.8. The zero-order valence-corrected chi connectivity index (χ0v) is 17.6. The molecule has 1 heterocycles. The van der Waals surface area contributed by atoms with E-state index in [0.29, 0.717) is 6.42 Å². The SMILES string of the molecule is CCCCCCCCCCCC(=O)OCC(C(C)C)C1C(=O)OC(=O)C1C. The van der Waals surface area contributed by atoms with Crippen LogP contribution in [0.3, 0.4) is 0 Å². The van der Waals surface area contributed by atoms with Gasteiger partial charge in [0.15, 0.2) is 0 Å². The van der Waals surface area contributed by atoms with Crippen LogP contribution < -0.4 is 0 Å². The van der Waals surface area contributed by atoms with E-state index in [0.717, 1.165) is 12.8 Å². The van der Waals surface area contributed by atoms with Gasteiger partial charge in [-0.25, -0.2) is 0 Å². The van der Waals surface area contributed by atoms with Crippen LogP contribution in [-0.4, -0.2) is 24.5 Å². The lowest BCUT2D eigenvalue weighted by molar-refractivity contribution is -0.156. The van der Waals surface area contributed by atoms with Gasteiger partial charge in [-0.3, -0.25) is 14.4 Å². The number of carbonyl (C=O) groups excluding carboxylic acids is 3. The Morgan fingerprint density at radius 3 is 2.00 bits per heavy atom. The van der Waals surface area contributed by atoms with Crippen molar-refractivity contribution in [3.05, 3.63) is 0 Å². The van der Waals surface area contributed by atoms with Gasteiger partial charge >= 0.3 is 17.9 Å². The van der Waals surface area contributed by atoms with Crippen molar-refractivity contribution in [1.29, 1.82) is 0 Å². The van der Waals surface area contributed by atoms with Crippen molar-refractivity contribution in [2.45, 2.75) is 91.9 Å². The summed E-state index contributed by atoms with van der Waals surface area (Å²) in [4.78, 5) is 35.6. The molecule has 0 saturated carbocycles. The smallest absolute Gasteiger partial charge is 0.317 e. The number of cyclic esters (lactones) is 2. The Hall–Kier alpha value is -1.39. The van der Waals surface area contributed by atoms with E-state index in [-0.39, 0.29) is 24.4 Å². The Morgan fingerprint density at radius 1 is 0.963 bits per heavy atom. The average Bonchev–Trinajstić information content (AvgIpc) is 2.86. The molecule has 1 fully saturated rings. The van der Waals surface area contributed by atoms with Gasteiger partial charge in [-0.1, -0.05) is 79.1 Å². The van der Waals surface area contributed by atoms with Crippen molar-refractivity contribution in [2.75, 3.05) is 6.61 Å². The summed E-state index contributed by atoms with van der Waals surface area (Å²) in [6.07, 6.45) is 11.3. The lowest BCUT2D eigenvalue weighted by Crippen LogP contribution is -2.32. The molecule has 0 aromatic rings. The quantitative estimate of drug-likeness (QED) is 0.239. The molecule has 1 aliphatic heterocycles. The average molecular weight is 383 g/mol. The largest absolute Gasteiger partial charge is 0.465 e. The van der Waals surface area contributed by atoms with Gasteiger partial charge in [0.2, 0.25) is 0 Å². The van der Waals surface area contributed by atoms with Crippen LogP contribution in [-0.2, 0) is 23.9 Å². The van der Waals surface area contributed by atoms with E-state index in [1.54, 1.807) is 6.92 Å². The molecule has 0 spiro atoms. The third-order valence-corrected chi connectivity index (χ3v) is 5.62. The van der Waals surface area contributed by atoms with E-state index in [2.05, 4.69) is 6.92 Å². The van der Waals surface area contributed by atoms with Crippen LogP contribution in [0.2, 0.25) is 0 Å². The van der Waals surface area contributed by atoms with Crippen LogP contribution >= 0.6 is 0 Å². The minimum atomic E-state index is -0.516. The third kappa shape index (κ3) is 8.44. The molecule has 5 heteroatoms. The summed E-state index contributed by atoms with van der Waals surface area (Å²) >= 11 is 0. The summed E-state index contributed by atoms with van der Waals surface area (Å²) in [6, 6.07) is 0. The molecule has 3 unspecified atom stereocenters. The van der Waals surface area contributed by atoms with Crippen molar-refractivity contribution >= 4 is 17.9 Å². The molecule has 0 bridgehead atoms. The predicted molar refractivity (Wildman–Crippen MR) is 105 cm³/mol. The molecule has 0 N–H and O–H groups in total. The molecular weight excluding hydrogens is 344 g/mol. The summed E-state index contributed by atoms with van der Waals surface area (Å²) in [5.74, 6) is -2.23. The highest BCUT2D eigenvalue weighted by Crippen LogP contribution is 2.34. The first-order valence-corrected chi connectivity index (χ1v) is 10.8. The first-order chi connectivity index (χ1) is 12.9. The highest BCUT2D eigenvalue weighted by molar-refractivity contribution is 5.96. The molecule has 1 rings (SSSR count). The van der Waals surface area contributed by atoms with E-state index in [9.17, 15) is 14.4 Å². The van der Waals surface area contributed by atoms with Crippen LogP contribution in [0.1, 0.15) is 91.9 Å². The zero-order chi connectivity index (χ0) is 20.2. The maximum atomic E-state index is 12.0. The Kier molecular flexibility index (Phi) is 11.3. The zero-order valence-electron chi connectivity index (χ0n) is 17.6. The second kappa shape index (κ2) is 12.9. The second-order valence-electron chi connectivity index (χ2n) is 8.22.